The average Bonchev–Trinajstić information content (AvgIpc) is 2.81. The monoisotopic (exact) mass is 328 g/mol. The molecule has 0 radical (unpaired) electrons. The molecule has 2 rings (SSSR count). The fourth-order valence-corrected chi connectivity index (χ4v) is 2.75. The van der Waals surface area contributed by atoms with Crippen molar-refractivity contribution in [3.8, 4) is 0 Å². The molecule has 0 saturated heterocycles. The predicted octanol–water partition coefficient (Wildman–Crippen LogP) is 0.724. The van der Waals surface area contributed by atoms with Gasteiger partial charge in [-0.05, 0) is 26.2 Å². The Hall–Kier alpha value is -1.60. The summed E-state index contributed by atoms with van der Waals surface area (Å²) in [7, 11) is 3.32. The summed E-state index contributed by atoms with van der Waals surface area (Å²) in [6.45, 7) is 2.05. The second kappa shape index (κ2) is 6.66. The largest absolute Gasteiger partial charge is 0.393 e. The molecule has 0 aliphatic heterocycles. The van der Waals surface area contributed by atoms with Crippen LogP contribution < -0.4 is 11.2 Å². The van der Waals surface area contributed by atoms with E-state index in [0.29, 0.717) is 36.4 Å². The molecule has 0 bridgehead atoms. The molecule has 2 aromatic heterocycles. The summed E-state index contributed by atoms with van der Waals surface area (Å²) in [5.41, 5.74) is 0.0111. The SMILES string of the molecule is CC(O)CCCCn1c(=O)c2c(nc(CCl)n2C)n(C)c1=O. The van der Waals surface area contributed by atoms with Crippen LogP contribution in [-0.4, -0.2) is 29.9 Å². The molecule has 0 saturated carbocycles. The van der Waals surface area contributed by atoms with Crippen molar-refractivity contribution >= 4 is 22.8 Å². The smallest absolute Gasteiger partial charge is 0.332 e. The van der Waals surface area contributed by atoms with E-state index >= 15 is 0 Å². The fraction of sp³-hybridized carbons (Fsp3) is 0.643. The van der Waals surface area contributed by atoms with Crippen molar-refractivity contribution in [1.29, 1.82) is 0 Å². The van der Waals surface area contributed by atoms with E-state index in [9.17, 15) is 14.7 Å². The molecular formula is C14H21ClN4O3. The van der Waals surface area contributed by atoms with E-state index in [1.54, 1.807) is 25.6 Å². The van der Waals surface area contributed by atoms with Crippen LogP contribution in [0.15, 0.2) is 9.59 Å². The van der Waals surface area contributed by atoms with Gasteiger partial charge in [0.1, 0.15) is 5.82 Å². The number of aliphatic hydroxyl groups excluding tert-OH is 1. The van der Waals surface area contributed by atoms with Gasteiger partial charge in [-0.25, -0.2) is 9.78 Å². The quantitative estimate of drug-likeness (QED) is 0.626. The van der Waals surface area contributed by atoms with Gasteiger partial charge in [0, 0.05) is 20.6 Å². The van der Waals surface area contributed by atoms with Crippen LogP contribution >= 0.6 is 11.6 Å². The number of aryl methyl sites for hydroxylation is 2. The summed E-state index contributed by atoms with van der Waals surface area (Å²) in [6, 6.07) is 0. The molecule has 7 nitrogen and oxygen atoms in total. The summed E-state index contributed by atoms with van der Waals surface area (Å²) in [5.74, 6) is 0.725. The minimum absolute atomic E-state index is 0.174. The Labute approximate surface area is 132 Å². The van der Waals surface area contributed by atoms with Gasteiger partial charge in [-0.2, -0.15) is 0 Å². The molecule has 0 aromatic carbocycles. The third-order valence-corrected chi connectivity index (χ3v) is 4.06. The molecule has 1 unspecified atom stereocenters. The summed E-state index contributed by atoms with van der Waals surface area (Å²) >= 11 is 5.82. The number of alkyl halides is 1. The van der Waals surface area contributed by atoms with Crippen molar-refractivity contribution in [1.82, 2.24) is 18.7 Å². The van der Waals surface area contributed by atoms with Gasteiger partial charge in [-0.1, -0.05) is 0 Å². The summed E-state index contributed by atoms with van der Waals surface area (Å²) in [5, 5.41) is 9.25. The zero-order valence-corrected chi connectivity index (χ0v) is 13.8. The molecule has 2 aromatic rings. The highest BCUT2D eigenvalue weighted by Gasteiger charge is 2.17. The first kappa shape index (κ1) is 16.8. The Morgan fingerprint density at radius 3 is 2.50 bits per heavy atom. The third kappa shape index (κ3) is 2.96. The normalized spacial score (nSPS) is 13.0. The predicted molar refractivity (Wildman–Crippen MR) is 85.3 cm³/mol. The minimum atomic E-state index is -0.381. The Bertz CT molecular complexity index is 788. The first-order valence-corrected chi connectivity index (χ1v) is 7.81. The standard InChI is InChI=1S/C14H21ClN4O3/c1-9(20)6-4-5-7-19-13(21)11-12(18(3)14(19)22)16-10(8-15)17(11)2/h9,20H,4-8H2,1-3H3. The highest BCUT2D eigenvalue weighted by molar-refractivity contribution is 6.16. The van der Waals surface area contributed by atoms with Crippen molar-refractivity contribution in [3.63, 3.8) is 0 Å². The lowest BCUT2D eigenvalue weighted by molar-refractivity contribution is 0.180. The minimum Gasteiger partial charge on any atom is -0.393 e. The lowest BCUT2D eigenvalue weighted by Gasteiger charge is -2.09. The summed E-state index contributed by atoms with van der Waals surface area (Å²) < 4.78 is 4.24. The molecule has 0 aliphatic carbocycles. The van der Waals surface area contributed by atoms with Crippen LogP contribution in [0.2, 0.25) is 0 Å². The molecule has 2 heterocycles. The lowest BCUT2D eigenvalue weighted by atomic mass is 10.2. The molecule has 0 amide bonds. The van der Waals surface area contributed by atoms with Crippen LogP contribution in [0.5, 0.6) is 0 Å². The van der Waals surface area contributed by atoms with E-state index in [1.165, 1.54) is 9.13 Å². The van der Waals surface area contributed by atoms with Crippen LogP contribution in [0, 0.1) is 0 Å². The third-order valence-electron chi connectivity index (χ3n) is 3.83. The van der Waals surface area contributed by atoms with E-state index < -0.39 is 0 Å². The zero-order chi connectivity index (χ0) is 16.4. The Balaban J connectivity index is 2.45. The number of rotatable bonds is 6. The molecule has 22 heavy (non-hydrogen) atoms. The number of nitrogens with zero attached hydrogens (tertiary/aromatic N) is 4. The Morgan fingerprint density at radius 2 is 1.91 bits per heavy atom. The molecular weight excluding hydrogens is 308 g/mol. The lowest BCUT2D eigenvalue weighted by Crippen LogP contribution is -2.39. The number of aromatic nitrogens is 4. The molecule has 8 heteroatoms. The topological polar surface area (TPSA) is 82.1 Å². The second-order valence-corrected chi connectivity index (χ2v) is 5.80. The van der Waals surface area contributed by atoms with Gasteiger partial charge in [0.2, 0.25) is 0 Å². The zero-order valence-electron chi connectivity index (χ0n) is 13.0. The second-order valence-electron chi connectivity index (χ2n) is 5.54. The van der Waals surface area contributed by atoms with Gasteiger partial charge < -0.3 is 9.67 Å². The van der Waals surface area contributed by atoms with E-state index in [2.05, 4.69) is 4.98 Å². The van der Waals surface area contributed by atoms with E-state index in [4.69, 9.17) is 11.6 Å². The van der Waals surface area contributed by atoms with Gasteiger partial charge in [0.05, 0.1) is 12.0 Å². The molecule has 122 valence electrons. The number of unbranched alkanes of at least 4 members (excludes halogenated alkanes) is 1. The van der Waals surface area contributed by atoms with Crippen LogP contribution in [0.25, 0.3) is 11.2 Å². The number of hydrogen-bond acceptors (Lipinski definition) is 4. The molecule has 0 spiro atoms. The number of imidazole rings is 1. The van der Waals surface area contributed by atoms with Crippen LogP contribution in [0.1, 0.15) is 32.0 Å². The summed E-state index contributed by atoms with van der Waals surface area (Å²) in [6.07, 6.45) is 1.69. The molecule has 1 atom stereocenters. The van der Waals surface area contributed by atoms with Gasteiger partial charge in [0.15, 0.2) is 11.2 Å². The van der Waals surface area contributed by atoms with Gasteiger partial charge >= 0.3 is 5.69 Å². The highest BCUT2D eigenvalue weighted by Crippen LogP contribution is 2.11. The maximum atomic E-state index is 12.6. The van der Waals surface area contributed by atoms with Crippen molar-refractivity contribution < 1.29 is 5.11 Å². The molecule has 0 aliphatic rings. The van der Waals surface area contributed by atoms with Gasteiger partial charge in [-0.3, -0.25) is 13.9 Å². The van der Waals surface area contributed by atoms with Gasteiger partial charge in [0.25, 0.3) is 5.56 Å². The van der Waals surface area contributed by atoms with Crippen molar-refractivity contribution in [2.45, 2.75) is 44.7 Å². The number of hydrogen-bond donors (Lipinski definition) is 1. The van der Waals surface area contributed by atoms with Crippen LogP contribution in [0.4, 0.5) is 0 Å². The average molecular weight is 329 g/mol. The van der Waals surface area contributed by atoms with E-state index in [-0.39, 0.29) is 23.2 Å². The van der Waals surface area contributed by atoms with Crippen molar-refractivity contribution in [2.24, 2.45) is 14.1 Å². The van der Waals surface area contributed by atoms with Crippen LogP contribution in [0.3, 0.4) is 0 Å². The highest BCUT2D eigenvalue weighted by atomic mass is 35.5. The van der Waals surface area contributed by atoms with Crippen molar-refractivity contribution in [2.75, 3.05) is 0 Å². The molecule has 1 N–H and O–H groups in total. The van der Waals surface area contributed by atoms with E-state index in [1.807, 2.05) is 0 Å². The van der Waals surface area contributed by atoms with Crippen LogP contribution in [-0.2, 0) is 26.5 Å². The number of fused-ring (bicyclic) bond motifs is 1. The Morgan fingerprint density at radius 1 is 1.23 bits per heavy atom. The van der Waals surface area contributed by atoms with E-state index in [0.717, 1.165) is 6.42 Å². The first-order valence-electron chi connectivity index (χ1n) is 7.27. The van der Waals surface area contributed by atoms with Gasteiger partial charge in [-0.15, -0.1) is 11.6 Å². The fourth-order valence-electron chi connectivity index (χ4n) is 2.51. The first-order chi connectivity index (χ1) is 10.4. The maximum absolute atomic E-state index is 12.6. The summed E-state index contributed by atoms with van der Waals surface area (Å²) in [4.78, 5) is 29.2. The maximum Gasteiger partial charge on any atom is 0.332 e. The number of halogens is 1. The van der Waals surface area contributed by atoms with Crippen molar-refractivity contribution in [3.05, 3.63) is 26.7 Å². The Kier molecular flexibility index (Phi) is 5.08. The molecule has 0 fully saturated rings. The number of aliphatic hydroxyl groups is 1.